The van der Waals surface area contributed by atoms with Gasteiger partial charge in [-0.1, -0.05) is 6.07 Å². The number of halogens is 1. The van der Waals surface area contributed by atoms with Crippen molar-refractivity contribution in [2.75, 3.05) is 7.11 Å². The third-order valence-corrected chi connectivity index (χ3v) is 4.47. The third kappa shape index (κ3) is 3.03. The highest BCUT2D eigenvalue weighted by Gasteiger charge is 2.18. The van der Waals surface area contributed by atoms with E-state index in [4.69, 9.17) is 9.15 Å². The maximum atomic E-state index is 13.7. The van der Waals surface area contributed by atoms with Gasteiger partial charge in [-0.25, -0.2) is 14.0 Å². The zero-order valence-electron chi connectivity index (χ0n) is 12.9. The SMILES string of the molecule is COC(=O)c1oc(COC(=O)c2cc3c(F)cccc3s2)cc1C. The van der Waals surface area contributed by atoms with Gasteiger partial charge in [-0.2, -0.15) is 0 Å². The van der Waals surface area contributed by atoms with Crippen LogP contribution in [-0.2, 0) is 16.1 Å². The van der Waals surface area contributed by atoms with Gasteiger partial charge in [0.05, 0.1) is 7.11 Å². The summed E-state index contributed by atoms with van der Waals surface area (Å²) in [6.07, 6.45) is 0. The van der Waals surface area contributed by atoms with Crippen LogP contribution in [0.2, 0.25) is 0 Å². The summed E-state index contributed by atoms with van der Waals surface area (Å²) in [6, 6.07) is 7.72. The number of carbonyl (C=O) groups excluding carboxylic acids is 2. The third-order valence-electron chi connectivity index (χ3n) is 3.39. The standard InChI is InChI=1S/C17H13FO5S/c1-9-6-10(23-15(9)17(20)21-2)8-22-16(19)14-7-11-12(18)4-3-5-13(11)24-14/h3-7H,8H2,1-2H3. The minimum absolute atomic E-state index is 0.0764. The van der Waals surface area contributed by atoms with Crippen molar-refractivity contribution in [1.29, 1.82) is 0 Å². The molecule has 0 spiro atoms. The van der Waals surface area contributed by atoms with Crippen LogP contribution in [0.25, 0.3) is 10.1 Å². The number of benzene rings is 1. The molecule has 0 amide bonds. The number of ether oxygens (including phenoxy) is 2. The molecule has 0 aliphatic rings. The van der Waals surface area contributed by atoms with Crippen LogP contribution in [-0.4, -0.2) is 19.0 Å². The predicted molar refractivity (Wildman–Crippen MR) is 85.7 cm³/mol. The van der Waals surface area contributed by atoms with E-state index >= 15 is 0 Å². The van der Waals surface area contributed by atoms with Crippen LogP contribution in [0, 0.1) is 12.7 Å². The molecule has 3 rings (SSSR count). The van der Waals surface area contributed by atoms with E-state index in [0.29, 0.717) is 26.3 Å². The number of esters is 2. The maximum Gasteiger partial charge on any atom is 0.374 e. The summed E-state index contributed by atoms with van der Waals surface area (Å²) in [5.74, 6) is -1.15. The maximum absolute atomic E-state index is 13.7. The lowest BCUT2D eigenvalue weighted by Crippen LogP contribution is -2.03. The van der Waals surface area contributed by atoms with Gasteiger partial charge in [0, 0.05) is 15.6 Å². The number of rotatable bonds is 4. The Hall–Kier alpha value is -2.67. The van der Waals surface area contributed by atoms with Crippen molar-refractivity contribution in [2.24, 2.45) is 0 Å². The van der Waals surface area contributed by atoms with E-state index in [0.717, 1.165) is 11.3 Å². The predicted octanol–water partition coefficient (Wildman–Crippen LogP) is 4.09. The van der Waals surface area contributed by atoms with Crippen molar-refractivity contribution in [2.45, 2.75) is 13.5 Å². The first-order valence-electron chi connectivity index (χ1n) is 7.02. The topological polar surface area (TPSA) is 65.7 Å². The Morgan fingerprint density at radius 1 is 1.25 bits per heavy atom. The Labute approximate surface area is 140 Å². The second kappa shape index (κ2) is 6.45. The van der Waals surface area contributed by atoms with Crippen LogP contribution < -0.4 is 0 Å². The molecule has 0 aliphatic heterocycles. The van der Waals surface area contributed by atoms with E-state index in [-0.39, 0.29) is 18.2 Å². The summed E-state index contributed by atoms with van der Waals surface area (Å²) in [5, 5.41) is 0.385. The molecule has 7 heteroatoms. The second-order valence-corrected chi connectivity index (χ2v) is 6.14. The quantitative estimate of drug-likeness (QED) is 0.665. The first kappa shape index (κ1) is 16.2. The Morgan fingerprint density at radius 2 is 2.04 bits per heavy atom. The number of thiophene rings is 1. The minimum Gasteiger partial charge on any atom is -0.463 e. The molecule has 0 unspecified atom stereocenters. The first-order valence-corrected chi connectivity index (χ1v) is 7.84. The summed E-state index contributed by atoms with van der Waals surface area (Å²) in [7, 11) is 1.25. The van der Waals surface area contributed by atoms with Gasteiger partial charge in [0.15, 0.2) is 0 Å². The van der Waals surface area contributed by atoms with E-state index < -0.39 is 11.9 Å². The van der Waals surface area contributed by atoms with Gasteiger partial charge < -0.3 is 13.9 Å². The van der Waals surface area contributed by atoms with E-state index in [1.54, 1.807) is 25.1 Å². The fourth-order valence-corrected chi connectivity index (χ4v) is 3.22. The van der Waals surface area contributed by atoms with E-state index in [1.807, 2.05) is 0 Å². The lowest BCUT2D eigenvalue weighted by atomic mass is 10.2. The summed E-state index contributed by atoms with van der Waals surface area (Å²) in [5.41, 5.74) is 0.594. The molecule has 0 aliphatic carbocycles. The molecular formula is C17H13FO5S. The molecule has 0 fully saturated rings. The molecule has 2 aromatic heterocycles. The van der Waals surface area contributed by atoms with Crippen LogP contribution in [0.3, 0.4) is 0 Å². The monoisotopic (exact) mass is 348 g/mol. The van der Waals surface area contributed by atoms with Crippen LogP contribution >= 0.6 is 11.3 Å². The fourth-order valence-electron chi connectivity index (χ4n) is 2.25. The fraction of sp³-hybridized carbons (Fsp3) is 0.176. The highest BCUT2D eigenvalue weighted by atomic mass is 32.1. The van der Waals surface area contributed by atoms with Gasteiger partial charge in [-0.05, 0) is 31.2 Å². The zero-order valence-corrected chi connectivity index (χ0v) is 13.7. The molecule has 0 saturated heterocycles. The lowest BCUT2D eigenvalue weighted by molar-refractivity contribution is 0.0444. The number of hydrogen-bond acceptors (Lipinski definition) is 6. The number of carbonyl (C=O) groups is 2. The highest BCUT2D eigenvalue weighted by Crippen LogP contribution is 2.28. The number of hydrogen-bond donors (Lipinski definition) is 0. The van der Waals surface area contributed by atoms with Crippen LogP contribution in [0.1, 0.15) is 31.6 Å². The molecule has 0 bridgehead atoms. The van der Waals surface area contributed by atoms with Crippen molar-refractivity contribution in [1.82, 2.24) is 0 Å². The number of methoxy groups -OCH3 is 1. The molecule has 24 heavy (non-hydrogen) atoms. The van der Waals surface area contributed by atoms with Crippen molar-refractivity contribution in [3.63, 3.8) is 0 Å². The second-order valence-electron chi connectivity index (χ2n) is 5.05. The number of furan rings is 1. The normalized spacial score (nSPS) is 10.8. The largest absolute Gasteiger partial charge is 0.463 e. The molecule has 3 aromatic rings. The van der Waals surface area contributed by atoms with E-state index in [9.17, 15) is 14.0 Å². The summed E-state index contributed by atoms with van der Waals surface area (Å²) in [6.45, 7) is 1.56. The molecule has 1 aromatic carbocycles. The zero-order chi connectivity index (χ0) is 17.3. The molecule has 0 radical (unpaired) electrons. The molecule has 5 nitrogen and oxygen atoms in total. The van der Waals surface area contributed by atoms with Gasteiger partial charge >= 0.3 is 11.9 Å². The number of fused-ring (bicyclic) bond motifs is 1. The van der Waals surface area contributed by atoms with Gasteiger partial charge in [-0.3, -0.25) is 0 Å². The average Bonchev–Trinajstić information content (AvgIpc) is 3.16. The minimum atomic E-state index is -0.593. The van der Waals surface area contributed by atoms with Crippen LogP contribution in [0.4, 0.5) is 4.39 Å². The molecule has 0 atom stereocenters. The van der Waals surface area contributed by atoms with Crippen molar-refractivity contribution in [3.05, 3.63) is 58.1 Å². The van der Waals surface area contributed by atoms with Crippen molar-refractivity contribution < 1.29 is 27.9 Å². The van der Waals surface area contributed by atoms with Gasteiger partial charge in [0.1, 0.15) is 23.1 Å². The molecule has 2 heterocycles. The summed E-state index contributed by atoms with van der Waals surface area (Å²) in [4.78, 5) is 23.9. The van der Waals surface area contributed by atoms with Gasteiger partial charge in [0.25, 0.3) is 0 Å². The smallest absolute Gasteiger partial charge is 0.374 e. The Bertz CT molecular complexity index is 924. The summed E-state index contributed by atoms with van der Waals surface area (Å²) < 4.78 is 29.4. The molecular weight excluding hydrogens is 335 g/mol. The Kier molecular flexibility index (Phi) is 4.35. The highest BCUT2D eigenvalue weighted by molar-refractivity contribution is 7.20. The molecule has 124 valence electrons. The molecule has 0 N–H and O–H groups in total. The van der Waals surface area contributed by atoms with Crippen LogP contribution in [0.15, 0.2) is 34.7 Å². The lowest BCUT2D eigenvalue weighted by Gasteiger charge is -2.00. The van der Waals surface area contributed by atoms with Crippen molar-refractivity contribution >= 4 is 33.4 Å². The van der Waals surface area contributed by atoms with Gasteiger partial charge in [-0.15, -0.1) is 11.3 Å². The van der Waals surface area contributed by atoms with Crippen LogP contribution in [0.5, 0.6) is 0 Å². The number of aryl methyl sites for hydroxylation is 1. The van der Waals surface area contributed by atoms with Crippen molar-refractivity contribution in [3.8, 4) is 0 Å². The van der Waals surface area contributed by atoms with E-state index in [2.05, 4.69) is 4.74 Å². The van der Waals surface area contributed by atoms with Gasteiger partial charge in [0.2, 0.25) is 5.76 Å². The Balaban J connectivity index is 1.73. The average molecular weight is 348 g/mol. The Morgan fingerprint density at radius 3 is 2.75 bits per heavy atom. The van der Waals surface area contributed by atoms with E-state index in [1.165, 1.54) is 19.2 Å². The summed E-state index contributed by atoms with van der Waals surface area (Å²) >= 11 is 1.15. The first-order chi connectivity index (χ1) is 11.5. The molecule has 0 saturated carbocycles.